The second-order valence-electron chi connectivity index (χ2n) is 18.5. The van der Waals surface area contributed by atoms with Gasteiger partial charge in [0.05, 0.1) is 36.6 Å². The van der Waals surface area contributed by atoms with Crippen LogP contribution in [0.3, 0.4) is 0 Å². The summed E-state index contributed by atoms with van der Waals surface area (Å²) in [4.78, 5) is 2.13. The van der Waals surface area contributed by atoms with E-state index >= 15 is 0 Å². The molecule has 0 aromatic heterocycles. The summed E-state index contributed by atoms with van der Waals surface area (Å²) in [5.41, 5.74) is -0.611. The van der Waals surface area contributed by atoms with Crippen LogP contribution in [0.2, 0.25) is 0 Å². The first kappa shape index (κ1) is 34.1. The lowest BCUT2D eigenvalue weighted by atomic mass is 9.41. The second kappa shape index (κ2) is 11.3. The van der Waals surface area contributed by atoms with Gasteiger partial charge in [0.1, 0.15) is 12.8 Å². The maximum Gasteiger partial charge on any atom is 0.170 e. The summed E-state index contributed by atoms with van der Waals surface area (Å²) in [7, 11) is 0. The molecule has 5 saturated carbocycles. The molecule has 0 aromatic carbocycles. The van der Waals surface area contributed by atoms with Crippen molar-refractivity contribution in [2.75, 3.05) is 39.5 Å². The van der Waals surface area contributed by atoms with Gasteiger partial charge in [-0.1, -0.05) is 34.6 Å². The fraction of sp³-hybridized carbons (Fsp3) is 1.00. The van der Waals surface area contributed by atoms with Crippen LogP contribution in [0.25, 0.3) is 0 Å². The highest BCUT2D eigenvalue weighted by Gasteiger charge is 2.84. The van der Waals surface area contributed by atoms with Gasteiger partial charge in [-0.05, 0) is 117 Å². The van der Waals surface area contributed by atoms with Crippen molar-refractivity contribution in [1.82, 2.24) is 4.90 Å². The summed E-state index contributed by atoms with van der Waals surface area (Å²) in [6, 6.07) is 0. The van der Waals surface area contributed by atoms with Crippen molar-refractivity contribution in [3.63, 3.8) is 0 Å². The van der Waals surface area contributed by atoms with Gasteiger partial charge >= 0.3 is 0 Å². The third-order valence-corrected chi connectivity index (χ3v) is 16.0. The smallest absolute Gasteiger partial charge is 0.170 e. The van der Waals surface area contributed by atoms with Crippen LogP contribution >= 0.6 is 0 Å². The number of hydrogen-bond acceptors (Lipinski definition) is 7. The Morgan fingerprint density at radius 3 is 2.46 bits per heavy atom. The Balaban J connectivity index is 1.13. The maximum atomic E-state index is 13.1. The van der Waals surface area contributed by atoms with E-state index in [-0.39, 0.29) is 52.9 Å². The van der Waals surface area contributed by atoms with E-state index in [0.29, 0.717) is 55.4 Å². The lowest BCUT2D eigenvalue weighted by Gasteiger charge is -2.64. The van der Waals surface area contributed by atoms with Crippen LogP contribution < -0.4 is 0 Å². The number of alkyl halides is 1. The van der Waals surface area contributed by atoms with E-state index in [9.17, 15) is 14.6 Å². The van der Waals surface area contributed by atoms with Gasteiger partial charge in [0, 0.05) is 31.7 Å². The van der Waals surface area contributed by atoms with Gasteiger partial charge in [0.25, 0.3) is 0 Å². The molecule has 8 heteroatoms. The molecule has 14 atom stereocenters. The van der Waals surface area contributed by atoms with Gasteiger partial charge in [-0.25, -0.2) is 4.39 Å². The first-order valence-corrected chi connectivity index (χ1v) is 18.8. The molecule has 0 aromatic rings. The molecule has 5 aliphatic carbocycles. The Hall–Kier alpha value is -0.350. The van der Waals surface area contributed by atoms with Gasteiger partial charge in [0.15, 0.2) is 6.29 Å². The minimum Gasteiger partial charge on any atom is -0.390 e. The first-order chi connectivity index (χ1) is 21.6. The van der Waals surface area contributed by atoms with Crippen molar-refractivity contribution >= 4 is 0 Å². The second-order valence-corrected chi connectivity index (χ2v) is 18.5. The Labute approximate surface area is 277 Å². The summed E-state index contributed by atoms with van der Waals surface area (Å²) in [6.07, 6.45) is 7.53. The molecule has 2 spiro atoms. The van der Waals surface area contributed by atoms with Crippen molar-refractivity contribution in [2.45, 2.75) is 149 Å². The first-order valence-electron chi connectivity index (χ1n) is 18.8. The highest BCUT2D eigenvalue weighted by molar-refractivity contribution is 5.33. The third kappa shape index (κ3) is 4.58. The monoisotopic (exact) mass is 649 g/mol. The molecule has 7 aliphatic rings. The molecule has 0 bridgehead atoms. The third-order valence-electron chi connectivity index (χ3n) is 16.0. The minimum absolute atomic E-state index is 0.00345. The Bertz CT molecular complexity index is 1140. The van der Waals surface area contributed by atoms with Gasteiger partial charge in [0.2, 0.25) is 0 Å². The van der Waals surface area contributed by atoms with Crippen LogP contribution in [0.5, 0.6) is 0 Å². The zero-order chi connectivity index (χ0) is 33.1. The largest absolute Gasteiger partial charge is 0.390 e. The summed E-state index contributed by atoms with van der Waals surface area (Å²) in [5, 5.41) is 23.6. The zero-order valence-corrected chi connectivity index (χ0v) is 30.0. The van der Waals surface area contributed by atoms with Gasteiger partial charge < -0.3 is 29.2 Å². The molecular formula is C38H64FNO6. The molecule has 264 valence electrons. The highest BCUT2D eigenvalue weighted by Crippen LogP contribution is 2.89. The van der Waals surface area contributed by atoms with Crippen molar-refractivity contribution in [3.05, 3.63) is 0 Å². The Morgan fingerprint density at radius 1 is 1.04 bits per heavy atom. The molecule has 2 saturated heterocycles. The number of nitrogens with zero attached hydrogens (tertiary/aromatic N) is 1. The van der Waals surface area contributed by atoms with E-state index in [0.717, 1.165) is 32.2 Å². The topological polar surface area (TPSA) is 80.6 Å². The molecule has 2 heterocycles. The van der Waals surface area contributed by atoms with E-state index in [1.165, 1.54) is 25.7 Å². The number of morpholine rings is 1. The van der Waals surface area contributed by atoms with E-state index in [2.05, 4.69) is 39.5 Å². The number of hydrogen-bond donors (Lipinski definition) is 2. The fourth-order valence-corrected chi connectivity index (χ4v) is 14.0. The van der Waals surface area contributed by atoms with Crippen molar-refractivity contribution in [2.24, 2.45) is 50.7 Å². The molecule has 7 fully saturated rings. The molecule has 2 N–H and O–H groups in total. The summed E-state index contributed by atoms with van der Waals surface area (Å²) >= 11 is 0. The van der Waals surface area contributed by atoms with Crippen LogP contribution in [-0.4, -0.2) is 97.0 Å². The highest BCUT2D eigenvalue weighted by atomic mass is 19.1. The predicted octanol–water partition coefficient (Wildman–Crippen LogP) is 5.99. The van der Waals surface area contributed by atoms with Gasteiger partial charge in [-0.2, -0.15) is 0 Å². The molecule has 1 unspecified atom stereocenters. The fourth-order valence-electron chi connectivity index (χ4n) is 14.0. The van der Waals surface area contributed by atoms with E-state index in [1.54, 1.807) is 0 Å². The number of halogens is 1. The summed E-state index contributed by atoms with van der Waals surface area (Å²) < 4.78 is 39.0. The molecule has 7 rings (SSSR count). The van der Waals surface area contributed by atoms with Crippen LogP contribution in [0.1, 0.15) is 107 Å². The van der Waals surface area contributed by atoms with E-state index in [4.69, 9.17) is 18.9 Å². The normalized spacial score (nSPS) is 52.1. The Kier molecular flexibility index (Phi) is 8.40. The quantitative estimate of drug-likeness (QED) is 0.335. The van der Waals surface area contributed by atoms with E-state index in [1.807, 2.05) is 20.8 Å². The molecule has 46 heavy (non-hydrogen) atoms. The average molecular weight is 650 g/mol. The van der Waals surface area contributed by atoms with Gasteiger partial charge in [-0.15, -0.1) is 0 Å². The van der Waals surface area contributed by atoms with Crippen LogP contribution in [0, 0.1) is 50.7 Å². The standard InChI is InChI=1S/C38H64FNO6/c1-9-43-32(34(5,6)42)24-20-23(2)29-30(45-24)31(41)36(8)26-11-10-25-33(3,4)27(46-28-21-40(17-16-39)18-19-44-28)12-13-37(25)22-38(26,37)15-14-35(29,36)7/h23-32,41-42H,9-22H2,1-8H3/t23-,24-,25+,26+,27+,28+,29+,30+,31+,32+,35-,36-,37?,38+/m1/s1. The Morgan fingerprint density at radius 2 is 1.76 bits per heavy atom. The van der Waals surface area contributed by atoms with Crippen LogP contribution in [0.15, 0.2) is 0 Å². The SMILES string of the molecule is CCO[C@@H]([C@H]1C[C@@H](C)[C@H]2[C@H](O1)[C@H](O)[C@@]1(C)[C@@H]3CC[C@H]4C(C)(C)[C@@H](O[C@H]5CN(CCF)CCO5)CCC45C[C@@]35CC[C@]21C)C(C)(C)O. The number of fused-ring (bicyclic) bond motifs is 4. The lowest BCUT2D eigenvalue weighted by Crippen LogP contribution is -2.60. The average Bonchev–Trinajstić information content (AvgIpc) is 3.62. The number of aliphatic hydroxyl groups is 2. The molecular weight excluding hydrogens is 585 g/mol. The lowest BCUT2D eigenvalue weighted by molar-refractivity contribution is -0.249. The number of aliphatic hydroxyl groups excluding tert-OH is 1. The summed E-state index contributed by atoms with van der Waals surface area (Å²) in [5.74, 6) is 1.74. The zero-order valence-electron chi connectivity index (χ0n) is 30.0. The van der Waals surface area contributed by atoms with Crippen molar-refractivity contribution in [1.29, 1.82) is 0 Å². The molecule has 2 aliphatic heterocycles. The van der Waals surface area contributed by atoms with Crippen molar-refractivity contribution in [3.8, 4) is 0 Å². The van der Waals surface area contributed by atoms with E-state index < -0.39 is 17.8 Å². The number of rotatable bonds is 8. The van der Waals surface area contributed by atoms with Crippen molar-refractivity contribution < 1.29 is 33.6 Å². The maximum absolute atomic E-state index is 13.1. The molecule has 7 nitrogen and oxygen atoms in total. The number of ether oxygens (including phenoxy) is 4. The predicted molar refractivity (Wildman–Crippen MR) is 175 cm³/mol. The van der Waals surface area contributed by atoms with Gasteiger partial charge in [-0.3, -0.25) is 4.90 Å². The summed E-state index contributed by atoms with van der Waals surface area (Å²) in [6.45, 7) is 20.5. The van der Waals surface area contributed by atoms with Crippen LogP contribution in [0.4, 0.5) is 4.39 Å². The molecule has 0 radical (unpaired) electrons. The molecule has 0 amide bonds. The van der Waals surface area contributed by atoms with Crippen LogP contribution in [-0.2, 0) is 18.9 Å². The minimum atomic E-state index is -1.02.